The van der Waals surface area contributed by atoms with Crippen LogP contribution in [0.4, 0.5) is 5.69 Å². The van der Waals surface area contributed by atoms with E-state index in [1.807, 2.05) is 78.9 Å². The van der Waals surface area contributed by atoms with Gasteiger partial charge in [0.1, 0.15) is 5.25 Å². The fraction of sp³-hybridized carbons (Fsp3) is 0.0952. The topological polar surface area (TPSA) is 55.1 Å². The van der Waals surface area contributed by atoms with Gasteiger partial charge in [-0.15, -0.1) is 11.8 Å². The second-order valence-corrected chi connectivity index (χ2v) is 7.37. The number of benzene rings is 3. The minimum atomic E-state index is -0.359. The molecule has 3 N–H and O–H groups in total. The number of nitrogens with one attached hydrogen (secondary N) is 1. The van der Waals surface area contributed by atoms with Gasteiger partial charge in [0.25, 0.3) is 0 Å². The number of anilines is 1. The van der Waals surface area contributed by atoms with Gasteiger partial charge in [-0.05, 0) is 41.5 Å². The third-order valence-corrected chi connectivity index (χ3v) is 5.52. The van der Waals surface area contributed by atoms with Crippen LogP contribution in [-0.4, -0.2) is 5.91 Å². The number of rotatable bonds is 6. The molecule has 5 heteroatoms. The maximum Gasteiger partial charge on any atom is 0.238 e. The molecule has 0 aromatic heterocycles. The summed E-state index contributed by atoms with van der Waals surface area (Å²) >= 11 is 7.68. The maximum atomic E-state index is 12.9. The first-order valence-electron chi connectivity index (χ1n) is 8.22. The Bertz CT molecular complexity index is 869. The summed E-state index contributed by atoms with van der Waals surface area (Å²) < 4.78 is 0. The molecule has 3 rings (SSSR count). The van der Waals surface area contributed by atoms with Gasteiger partial charge in [0.05, 0.1) is 0 Å². The van der Waals surface area contributed by atoms with E-state index < -0.39 is 0 Å². The predicted molar refractivity (Wildman–Crippen MR) is 109 cm³/mol. The number of thioether (sulfide) groups is 1. The lowest BCUT2D eigenvalue weighted by Crippen LogP contribution is -2.27. The Morgan fingerprint density at radius 3 is 2.31 bits per heavy atom. The molecular formula is C21H19ClN2OS. The molecule has 0 spiro atoms. The van der Waals surface area contributed by atoms with E-state index in [0.29, 0.717) is 17.3 Å². The molecule has 0 aliphatic heterocycles. The molecule has 0 heterocycles. The van der Waals surface area contributed by atoms with E-state index in [0.717, 1.165) is 16.0 Å². The molecule has 132 valence electrons. The highest BCUT2D eigenvalue weighted by Gasteiger charge is 2.22. The second kappa shape index (κ2) is 8.79. The molecule has 3 nitrogen and oxygen atoms in total. The Morgan fingerprint density at radius 2 is 1.62 bits per heavy atom. The Labute approximate surface area is 162 Å². The molecule has 0 aliphatic carbocycles. The third kappa shape index (κ3) is 4.81. The number of halogens is 1. The molecule has 3 aromatic rings. The third-order valence-electron chi connectivity index (χ3n) is 3.89. The van der Waals surface area contributed by atoms with Crippen LogP contribution in [0.2, 0.25) is 5.02 Å². The van der Waals surface area contributed by atoms with E-state index in [4.69, 9.17) is 17.3 Å². The van der Waals surface area contributed by atoms with Crippen LogP contribution in [-0.2, 0) is 11.3 Å². The van der Waals surface area contributed by atoms with Crippen LogP contribution in [0.15, 0.2) is 83.8 Å². The van der Waals surface area contributed by atoms with Crippen LogP contribution in [0, 0.1) is 0 Å². The molecule has 0 radical (unpaired) electrons. The summed E-state index contributed by atoms with van der Waals surface area (Å²) in [5, 5.41) is 3.29. The molecular weight excluding hydrogens is 364 g/mol. The van der Waals surface area contributed by atoms with Crippen molar-refractivity contribution in [3.05, 3.63) is 95.0 Å². The minimum absolute atomic E-state index is 0.0575. The highest BCUT2D eigenvalue weighted by Crippen LogP contribution is 2.35. The van der Waals surface area contributed by atoms with Crippen molar-refractivity contribution in [3.63, 3.8) is 0 Å². The Balaban J connectivity index is 1.77. The monoisotopic (exact) mass is 382 g/mol. The number of hydrogen-bond acceptors (Lipinski definition) is 3. The van der Waals surface area contributed by atoms with Crippen molar-refractivity contribution in [2.45, 2.75) is 16.7 Å². The Morgan fingerprint density at radius 1 is 0.962 bits per heavy atom. The van der Waals surface area contributed by atoms with E-state index >= 15 is 0 Å². The van der Waals surface area contributed by atoms with Crippen molar-refractivity contribution >= 4 is 35.0 Å². The van der Waals surface area contributed by atoms with Crippen molar-refractivity contribution < 1.29 is 4.79 Å². The van der Waals surface area contributed by atoms with Gasteiger partial charge in [0.2, 0.25) is 5.91 Å². The van der Waals surface area contributed by atoms with Crippen molar-refractivity contribution in [2.24, 2.45) is 0 Å². The summed E-state index contributed by atoms with van der Waals surface area (Å²) in [6.07, 6.45) is 0. The van der Waals surface area contributed by atoms with E-state index in [9.17, 15) is 4.79 Å². The molecule has 1 unspecified atom stereocenters. The Hall–Kier alpha value is -2.43. The van der Waals surface area contributed by atoms with Crippen molar-refractivity contribution in [3.8, 4) is 0 Å². The first kappa shape index (κ1) is 18.4. The average Bonchev–Trinajstić information content (AvgIpc) is 2.67. The van der Waals surface area contributed by atoms with Crippen LogP contribution in [0.1, 0.15) is 16.4 Å². The van der Waals surface area contributed by atoms with Gasteiger partial charge in [-0.3, -0.25) is 4.79 Å². The van der Waals surface area contributed by atoms with Crippen LogP contribution in [0.5, 0.6) is 0 Å². The molecule has 0 saturated heterocycles. The van der Waals surface area contributed by atoms with Crippen LogP contribution in [0.3, 0.4) is 0 Å². The smallest absolute Gasteiger partial charge is 0.238 e. The average molecular weight is 383 g/mol. The zero-order valence-electron chi connectivity index (χ0n) is 14.1. The van der Waals surface area contributed by atoms with E-state index in [2.05, 4.69) is 5.32 Å². The molecule has 1 atom stereocenters. The van der Waals surface area contributed by atoms with Gasteiger partial charge in [0.15, 0.2) is 0 Å². The number of carbonyl (C=O) groups is 1. The van der Waals surface area contributed by atoms with Gasteiger partial charge in [-0.2, -0.15) is 0 Å². The number of nitrogens with two attached hydrogens (primary N) is 1. The zero-order valence-corrected chi connectivity index (χ0v) is 15.6. The lowest BCUT2D eigenvalue weighted by molar-refractivity contribution is -0.120. The molecule has 0 fully saturated rings. The number of nitrogen functional groups attached to an aromatic ring is 1. The number of carbonyl (C=O) groups excluding carboxylic acids is 1. The first-order chi connectivity index (χ1) is 12.6. The van der Waals surface area contributed by atoms with E-state index in [1.54, 1.807) is 0 Å². The minimum Gasteiger partial charge on any atom is -0.399 e. The first-order valence-corrected chi connectivity index (χ1v) is 9.47. The lowest BCUT2D eigenvalue weighted by atomic mass is 10.1. The standard InChI is InChI=1S/C21H19ClN2OS/c22-19-9-5-4-8-16(19)14-24-21(25)20(15-6-2-1-3-7-15)26-18-12-10-17(23)11-13-18/h1-13,20H,14,23H2,(H,24,25). The molecule has 1 amide bonds. The normalized spacial score (nSPS) is 11.7. The zero-order chi connectivity index (χ0) is 18.4. The van der Waals surface area contributed by atoms with Crippen molar-refractivity contribution in [2.75, 3.05) is 5.73 Å². The van der Waals surface area contributed by atoms with Crippen molar-refractivity contribution in [1.82, 2.24) is 5.32 Å². The quantitative estimate of drug-likeness (QED) is 0.462. The van der Waals surface area contributed by atoms with Crippen LogP contribution < -0.4 is 11.1 Å². The summed E-state index contributed by atoms with van der Waals surface area (Å²) in [6.45, 7) is 0.393. The number of amides is 1. The van der Waals surface area contributed by atoms with Crippen LogP contribution in [0.25, 0.3) is 0 Å². The summed E-state index contributed by atoms with van der Waals surface area (Å²) in [7, 11) is 0. The molecule has 0 bridgehead atoms. The van der Waals surface area contributed by atoms with Gasteiger partial charge in [0, 0.05) is 22.2 Å². The summed E-state index contributed by atoms with van der Waals surface area (Å²) in [5.41, 5.74) is 8.30. The van der Waals surface area contributed by atoms with Gasteiger partial charge < -0.3 is 11.1 Å². The van der Waals surface area contributed by atoms with Gasteiger partial charge >= 0.3 is 0 Å². The second-order valence-electron chi connectivity index (χ2n) is 5.79. The molecule has 0 saturated carbocycles. The number of hydrogen-bond donors (Lipinski definition) is 2. The summed E-state index contributed by atoms with van der Waals surface area (Å²) in [6, 6.07) is 24.8. The van der Waals surface area contributed by atoms with Crippen molar-refractivity contribution in [1.29, 1.82) is 0 Å². The van der Waals surface area contributed by atoms with E-state index in [-0.39, 0.29) is 11.2 Å². The SMILES string of the molecule is Nc1ccc(SC(C(=O)NCc2ccccc2Cl)c2ccccc2)cc1. The largest absolute Gasteiger partial charge is 0.399 e. The predicted octanol–water partition coefficient (Wildman–Crippen LogP) is 5.07. The maximum absolute atomic E-state index is 12.9. The molecule has 0 aliphatic rings. The fourth-order valence-corrected chi connectivity index (χ4v) is 3.75. The van der Waals surface area contributed by atoms with Crippen LogP contribution >= 0.6 is 23.4 Å². The molecule has 3 aromatic carbocycles. The highest BCUT2D eigenvalue weighted by molar-refractivity contribution is 8.00. The van der Waals surface area contributed by atoms with Gasteiger partial charge in [-0.1, -0.05) is 60.1 Å². The Kier molecular flexibility index (Phi) is 6.21. The summed E-state index contributed by atoms with van der Waals surface area (Å²) in [4.78, 5) is 13.9. The lowest BCUT2D eigenvalue weighted by Gasteiger charge is -2.17. The van der Waals surface area contributed by atoms with Gasteiger partial charge in [-0.25, -0.2) is 0 Å². The highest BCUT2D eigenvalue weighted by atomic mass is 35.5. The van der Waals surface area contributed by atoms with E-state index in [1.165, 1.54) is 11.8 Å². The fourth-order valence-electron chi connectivity index (χ4n) is 2.50. The summed E-state index contributed by atoms with van der Waals surface area (Å²) in [5.74, 6) is -0.0575. The molecule has 26 heavy (non-hydrogen) atoms.